The second-order valence-corrected chi connectivity index (χ2v) is 9.06. The van der Waals surface area contributed by atoms with Crippen molar-refractivity contribution < 1.29 is 9.59 Å². The van der Waals surface area contributed by atoms with E-state index in [0.717, 1.165) is 12.0 Å². The highest BCUT2D eigenvalue weighted by Crippen LogP contribution is 2.08. The molecule has 0 spiro atoms. The maximum atomic E-state index is 12.8. The molecule has 0 unspecified atom stereocenters. The third kappa shape index (κ3) is 8.24. The molecule has 7 heteroatoms. The molecule has 0 aliphatic heterocycles. The molecular weight excluding hydrogens is 426 g/mol. The van der Waals surface area contributed by atoms with Crippen LogP contribution >= 0.6 is 0 Å². The molecule has 0 bridgehead atoms. The Kier molecular flexibility index (Phi) is 9.55. The number of aromatic nitrogens is 2. The van der Waals surface area contributed by atoms with Gasteiger partial charge in [-0.2, -0.15) is 0 Å². The van der Waals surface area contributed by atoms with Gasteiger partial charge < -0.3 is 15.6 Å². The van der Waals surface area contributed by atoms with Crippen molar-refractivity contribution in [3.05, 3.63) is 90.0 Å². The summed E-state index contributed by atoms with van der Waals surface area (Å²) >= 11 is 0. The molecular formula is C27H35N5O2. The summed E-state index contributed by atoms with van der Waals surface area (Å²) in [6.45, 7) is 5.45. The smallest absolute Gasteiger partial charge is 0.243 e. The van der Waals surface area contributed by atoms with Gasteiger partial charge in [-0.15, -0.1) is 0 Å². The molecule has 0 saturated carbocycles. The summed E-state index contributed by atoms with van der Waals surface area (Å²) in [5.74, 6) is -0.518. The maximum Gasteiger partial charge on any atom is 0.243 e. The topological polar surface area (TPSA) is 102 Å². The molecule has 7 nitrogen and oxygen atoms in total. The van der Waals surface area contributed by atoms with E-state index in [0.29, 0.717) is 31.1 Å². The van der Waals surface area contributed by atoms with Gasteiger partial charge in [-0.25, -0.2) is 4.98 Å². The van der Waals surface area contributed by atoms with Gasteiger partial charge in [0.25, 0.3) is 0 Å². The van der Waals surface area contributed by atoms with E-state index in [9.17, 15) is 9.59 Å². The fourth-order valence-corrected chi connectivity index (χ4v) is 3.80. The number of hydrogen-bond donors (Lipinski definition) is 3. The van der Waals surface area contributed by atoms with Crippen molar-refractivity contribution >= 4 is 11.8 Å². The quantitative estimate of drug-likeness (QED) is 0.385. The molecule has 2 amide bonds. The van der Waals surface area contributed by atoms with E-state index in [4.69, 9.17) is 5.73 Å². The first-order valence-electron chi connectivity index (χ1n) is 11.8. The van der Waals surface area contributed by atoms with Crippen molar-refractivity contribution in [3.8, 4) is 0 Å². The van der Waals surface area contributed by atoms with Crippen molar-refractivity contribution in [2.45, 2.75) is 51.7 Å². The molecule has 3 aromatic rings. The van der Waals surface area contributed by atoms with Crippen LogP contribution in [0.25, 0.3) is 0 Å². The average Bonchev–Trinajstić information content (AvgIpc) is 3.26. The molecule has 34 heavy (non-hydrogen) atoms. The Morgan fingerprint density at radius 2 is 1.62 bits per heavy atom. The number of rotatable bonds is 12. The van der Waals surface area contributed by atoms with Gasteiger partial charge in [0.1, 0.15) is 0 Å². The van der Waals surface area contributed by atoms with Crippen molar-refractivity contribution in [1.29, 1.82) is 0 Å². The lowest BCUT2D eigenvalue weighted by molar-refractivity contribution is -0.132. The second kappa shape index (κ2) is 12.8. The molecule has 0 fully saturated rings. The Morgan fingerprint density at radius 1 is 0.971 bits per heavy atom. The number of carbonyl (C=O) groups excluding carboxylic acids is 2. The van der Waals surface area contributed by atoms with E-state index < -0.39 is 18.0 Å². The minimum atomic E-state index is -0.854. The number of carbonyl (C=O) groups is 2. The van der Waals surface area contributed by atoms with Crippen LogP contribution in [0.1, 0.15) is 37.1 Å². The highest BCUT2D eigenvalue weighted by molar-refractivity contribution is 5.99. The first-order valence-corrected chi connectivity index (χ1v) is 11.8. The predicted molar refractivity (Wildman–Crippen MR) is 134 cm³/mol. The molecule has 2 aromatic carbocycles. The number of benzene rings is 2. The van der Waals surface area contributed by atoms with Gasteiger partial charge in [0.05, 0.1) is 24.1 Å². The minimum absolute atomic E-state index is 0.261. The van der Waals surface area contributed by atoms with Crippen LogP contribution in [-0.2, 0) is 29.0 Å². The molecule has 2 atom stereocenters. The van der Waals surface area contributed by atoms with Crippen molar-refractivity contribution in [1.82, 2.24) is 20.2 Å². The summed E-state index contributed by atoms with van der Waals surface area (Å²) < 4.78 is 1.95. The molecule has 1 aromatic heterocycles. The van der Waals surface area contributed by atoms with Gasteiger partial charge >= 0.3 is 0 Å². The van der Waals surface area contributed by atoms with Crippen molar-refractivity contribution in [3.63, 3.8) is 0 Å². The molecule has 0 radical (unpaired) electrons. The van der Waals surface area contributed by atoms with Crippen LogP contribution in [-0.4, -0.2) is 40.0 Å². The number of hydrogen-bond acceptors (Lipinski definition) is 5. The molecule has 1 heterocycles. The molecule has 0 aliphatic carbocycles. The van der Waals surface area contributed by atoms with E-state index in [1.54, 1.807) is 6.33 Å². The zero-order valence-corrected chi connectivity index (χ0v) is 20.0. The Balaban J connectivity index is 1.49. The summed E-state index contributed by atoms with van der Waals surface area (Å²) in [4.78, 5) is 29.8. The fourth-order valence-electron chi connectivity index (χ4n) is 3.80. The average molecular weight is 462 g/mol. The number of nitrogens with zero attached hydrogens (tertiary/aromatic N) is 2. The zero-order chi connectivity index (χ0) is 24.3. The van der Waals surface area contributed by atoms with Crippen molar-refractivity contribution in [2.24, 2.45) is 11.7 Å². The molecule has 180 valence electrons. The largest absolute Gasteiger partial charge is 0.333 e. The van der Waals surface area contributed by atoms with Crippen LogP contribution in [0.15, 0.2) is 73.2 Å². The first-order chi connectivity index (χ1) is 16.4. The lowest BCUT2D eigenvalue weighted by Gasteiger charge is -2.21. The van der Waals surface area contributed by atoms with Crippen LogP contribution in [0.3, 0.4) is 0 Å². The summed E-state index contributed by atoms with van der Waals surface area (Å²) in [6, 6.07) is 18.8. The molecule has 0 saturated heterocycles. The maximum absolute atomic E-state index is 12.8. The van der Waals surface area contributed by atoms with E-state index in [1.165, 1.54) is 5.56 Å². The Labute approximate surface area is 201 Å². The van der Waals surface area contributed by atoms with Gasteiger partial charge in [-0.05, 0) is 36.4 Å². The number of amides is 2. The molecule has 3 rings (SSSR count). The number of imide groups is 1. The van der Waals surface area contributed by atoms with Gasteiger partial charge in [-0.3, -0.25) is 14.9 Å². The highest BCUT2D eigenvalue weighted by atomic mass is 16.2. The fraction of sp³-hybridized carbons (Fsp3) is 0.370. The Morgan fingerprint density at radius 3 is 2.26 bits per heavy atom. The normalized spacial score (nSPS) is 12.9. The third-order valence-electron chi connectivity index (χ3n) is 5.58. The van der Waals surface area contributed by atoms with Gasteiger partial charge in [0.15, 0.2) is 0 Å². The van der Waals surface area contributed by atoms with E-state index in [-0.39, 0.29) is 12.3 Å². The number of nitrogens with one attached hydrogen (secondary N) is 2. The minimum Gasteiger partial charge on any atom is -0.333 e. The Hall–Kier alpha value is -3.29. The van der Waals surface area contributed by atoms with Gasteiger partial charge in [0.2, 0.25) is 11.8 Å². The van der Waals surface area contributed by atoms with Crippen LogP contribution in [0.4, 0.5) is 0 Å². The lowest BCUT2D eigenvalue weighted by Crippen LogP contribution is -2.52. The van der Waals surface area contributed by atoms with Gasteiger partial charge in [0, 0.05) is 19.2 Å². The SMILES string of the molecule is CC(C)C[C@H](NCCc1ccccc1)C(=O)NC(=O)[C@@H](N)Cc1cn(Cc2ccccc2)cn1. The first kappa shape index (κ1) is 25.3. The summed E-state index contributed by atoms with van der Waals surface area (Å²) in [6.07, 6.45) is 5.31. The third-order valence-corrected chi connectivity index (χ3v) is 5.58. The number of nitrogens with two attached hydrogens (primary N) is 1. The van der Waals surface area contributed by atoms with E-state index >= 15 is 0 Å². The zero-order valence-electron chi connectivity index (χ0n) is 20.0. The summed E-state index contributed by atoms with van der Waals surface area (Å²) in [5, 5.41) is 5.80. The summed E-state index contributed by atoms with van der Waals surface area (Å²) in [5.41, 5.74) is 9.18. The predicted octanol–water partition coefficient (Wildman–Crippen LogP) is 2.69. The van der Waals surface area contributed by atoms with Crippen LogP contribution in [0.2, 0.25) is 0 Å². The van der Waals surface area contributed by atoms with E-state index in [2.05, 4.69) is 41.6 Å². The lowest BCUT2D eigenvalue weighted by atomic mass is 10.0. The summed E-state index contributed by atoms with van der Waals surface area (Å²) in [7, 11) is 0. The van der Waals surface area contributed by atoms with Crippen LogP contribution < -0.4 is 16.4 Å². The molecule has 4 N–H and O–H groups in total. The van der Waals surface area contributed by atoms with Gasteiger partial charge in [-0.1, -0.05) is 74.5 Å². The number of imidazole rings is 1. The standard InChI is InChI=1S/C27H35N5O2/c1-20(2)15-25(29-14-13-21-9-5-3-6-10-21)27(34)31-26(33)24(28)16-23-18-32(19-30-23)17-22-11-7-4-8-12-22/h3-12,18-20,24-25,29H,13-17,28H2,1-2H3,(H,31,33,34)/t24-,25-/m0/s1. The van der Waals surface area contributed by atoms with Crippen LogP contribution in [0.5, 0.6) is 0 Å². The van der Waals surface area contributed by atoms with Crippen molar-refractivity contribution in [2.75, 3.05) is 6.54 Å². The van der Waals surface area contributed by atoms with Crippen LogP contribution in [0, 0.1) is 5.92 Å². The Bertz CT molecular complexity index is 1030. The van der Waals surface area contributed by atoms with E-state index in [1.807, 2.05) is 59.3 Å². The highest BCUT2D eigenvalue weighted by Gasteiger charge is 2.24. The molecule has 0 aliphatic rings. The monoisotopic (exact) mass is 461 g/mol. The second-order valence-electron chi connectivity index (χ2n) is 9.06.